The molecule has 1 fully saturated rings. The van der Waals surface area contributed by atoms with Gasteiger partial charge in [0.2, 0.25) is 5.75 Å². The van der Waals surface area contributed by atoms with Gasteiger partial charge in [0, 0.05) is 37.7 Å². The van der Waals surface area contributed by atoms with Crippen LogP contribution < -0.4 is 19.1 Å². The van der Waals surface area contributed by atoms with E-state index < -0.39 is 0 Å². The number of piperidine rings is 1. The second kappa shape index (κ2) is 8.41. The average Bonchev–Trinajstić information content (AvgIpc) is 2.74. The fraction of sp³-hybridized carbons (Fsp3) is 0.350. The van der Waals surface area contributed by atoms with Crippen molar-refractivity contribution < 1.29 is 19.0 Å². The highest BCUT2D eigenvalue weighted by Gasteiger charge is 2.25. The Labute approximate surface area is 158 Å². The number of nitriles is 1. The number of rotatable bonds is 6. The zero-order valence-electron chi connectivity index (χ0n) is 15.3. The molecule has 0 amide bonds. The SMILES string of the molecule is COc1cc(C=O)cc(OC)c1OC1CCN(c2ncccc2C#N)CC1. The molecule has 140 valence electrons. The van der Waals surface area contributed by atoms with Gasteiger partial charge in [0.25, 0.3) is 0 Å². The van der Waals surface area contributed by atoms with Crippen LogP contribution in [0.25, 0.3) is 0 Å². The van der Waals surface area contributed by atoms with Crippen molar-refractivity contribution in [2.24, 2.45) is 0 Å². The number of ether oxygens (including phenoxy) is 3. The second-order valence-electron chi connectivity index (χ2n) is 6.16. The third-order valence-electron chi connectivity index (χ3n) is 4.55. The molecule has 0 saturated carbocycles. The zero-order valence-corrected chi connectivity index (χ0v) is 15.3. The minimum atomic E-state index is -0.0274. The highest BCUT2D eigenvalue weighted by molar-refractivity contribution is 5.78. The molecule has 1 aromatic heterocycles. The Morgan fingerprint density at radius 2 is 1.89 bits per heavy atom. The Balaban J connectivity index is 1.73. The highest BCUT2D eigenvalue weighted by Crippen LogP contribution is 2.40. The standard InChI is InChI=1S/C20H21N3O4/c1-25-17-10-14(13-24)11-18(26-2)19(17)27-16-5-8-23(9-6-16)20-15(12-21)4-3-7-22-20/h3-4,7,10-11,13,16H,5-6,8-9H2,1-2H3. The fourth-order valence-corrected chi connectivity index (χ4v) is 3.17. The molecular weight excluding hydrogens is 346 g/mol. The van der Waals surface area contributed by atoms with Crippen LogP contribution in [-0.4, -0.2) is 44.7 Å². The van der Waals surface area contributed by atoms with E-state index in [2.05, 4.69) is 16.0 Å². The number of benzene rings is 1. The lowest BCUT2D eigenvalue weighted by Gasteiger charge is -2.33. The Morgan fingerprint density at radius 1 is 1.22 bits per heavy atom. The van der Waals surface area contributed by atoms with E-state index in [1.165, 1.54) is 14.2 Å². The summed E-state index contributed by atoms with van der Waals surface area (Å²) < 4.78 is 16.9. The van der Waals surface area contributed by atoms with E-state index in [0.29, 0.717) is 34.2 Å². The Bertz CT molecular complexity index is 830. The topological polar surface area (TPSA) is 84.7 Å². The van der Waals surface area contributed by atoms with Crippen molar-refractivity contribution in [3.63, 3.8) is 0 Å². The van der Waals surface area contributed by atoms with E-state index >= 15 is 0 Å². The van der Waals surface area contributed by atoms with Crippen LogP contribution in [0.5, 0.6) is 17.2 Å². The van der Waals surface area contributed by atoms with Gasteiger partial charge in [-0.3, -0.25) is 4.79 Å². The summed E-state index contributed by atoms with van der Waals surface area (Å²) in [6.07, 6.45) is 3.95. The van der Waals surface area contributed by atoms with E-state index in [-0.39, 0.29) is 6.10 Å². The highest BCUT2D eigenvalue weighted by atomic mass is 16.5. The molecule has 1 aliphatic heterocycles. The quantitative estimate of drug-likeness (QED) is 0.726. The van der Waals surface area contributed by atoms with Crippen LogP contribution in [0.4, 0.5) is 5.82 Å². The molecule has 1 aliphatic rings. The molecule has 7 nitrogen and oxygen atoms in total. The Kier molecular flexibility index (Phi) is 5.77. The summed E-state index contributed by atoms with van der Waals surface area (Å²) in [4.78, 5) is 17.5. The van der Waals surface area contributed by atoms with Crippen LogP contribution in [0, 0.1) is 11.3 Å². The van der Waals surface area contributed by atoms with Crippen molar-refractivity contribution >= 4 is 12.1 Å². The molecule has 2 heterocycles. The maximum Gasteiger partial charge on any atom is 0.203 e. The molecule has 0 atom stereocenters. The Hall–Kier alpha value is -3.27. The zero-order chi connectivity index (χ0) is 19.2. The van der Waals surface area contributed by atoms with Crippen molar-refractivity contribution in [1.29, 1.82) is 5.26 Å². The van der Waals surface area contributed by atoms with Crippen molar-refractivity contribution in [3.05, 3.63) is 41.6 Å². The first kappa shape index (κ1) is 18.5. The summed E-state index contributed by atoms with van der Waals surface area (Å²) in [7, 11) is 3.06. The van der Waals surface area contributed by atoms with Gasteiger partial charge in [0.1, 0.15) is 24.3 Å². The van der Waals surface area contributed by atoms with E-state index in [1.807, 2.05) is 0 Å². The largest absolute Gasteiger partial charge is 0.493 e. The van der Waals surface area contributed by atoms with Gasteiger partial charge >= 0.3 is 0 Å². The maximum absolute atomic E-state index is 11.1. The normalized spacial score (nSPS) is 14.3. The number of hydrogen-bond acceptors (Lipinski definition) is 7. The predicted molar refractivity (Wildman–Crippen MR) is 99.7 cm³/mol. The molecule has 0 bridgehead atoms. The number of hydrogen-bond donors (Lipinski definition) is 0. The molecule has 1 aromatic carbocycles. The number of aromatic nitrogens is 1. The van der Waals surface area contributed by atoms with Gasteiger partial charge in [0.05, 0.1) is 19.8 Å². The van der Waals surface area contributed by atoms with E-state index in [1.54, 1.807) is 30.5 Å². The van der Waals surface area contributed by atoms with Gasteiger partial charge in [-0.1, -0.05) is 0 Å². The molecule has 7 heteroatoms. The van der Waals surface area contributed by atoms with Crippen LogP contribution in [-0.2, 0) is 0 Å². The number of carbonyl (C=O) groups excluding carboxylic acids is 1. The minimum absolute atomic E-state index is 0.0274. The van der Waals surface area contributed by atoms with Gasteiger partial charge < -0.3 is 19.1 Å². The van der Waals surface area contributed by atoms with E-state index in [9.17, 15) is 10.1 Å². The van der Waals surface area contributed by atoms with E-state index in [4.69, 9.17) is 14.2 Å². The summed E-state index contributed by atoms with van der Waals surface area (Å²) in [5, 5.41) is 9.26. The van der Waals surface area contributed by atoms with Gasteiger partial charge in [-0.15, -0.1) is 0 Å². The summed E-state index contributed by atoms with van der Waals surface area (Å²) in [6.45, 7) is 1.46. The summed E-state index contributed by atoms with van der Waals surface area (Å²) >= 11 is 0. The molecule has 0 aliphatic carbocycles. The summed E-state index contributed by atoms with van der Waals surface area (Å²) in [5.74, 6) is 2.15. The third-order valence-corrected chi connectivity index (χ3v) is 4.55. The van der Waals surface area contributed by atoms with E-state index in [0.717, 1.165) is 32.2 Å². The first-order valence-electron chi connectivity index (χ1n) is 8.68. The maximum atomic E-state index is 11.1. The minimum Gasteiger partial charge on any atom is -0.493 e. The van der Waals surface area contributed by atoms with Crippen molar-refractivity contribution in [1.82, 2.24) is 4.98 Å². The monoisotopic (exact) mass is 367 g/mol. The number of anilines is 1. The van der Waals surface area contributed by atoms with Crippen LogP contribution in [0.2, 0.25) is 0 Å². The molecule has 0 N–H and O–H groups in total. The first-order chi connectivity index (χ1) is 13.2. The molecule has 0 unspecified atom stereocenters. The molecule has 1 saturated heterocycles. The lowest BCUT2D eigenvalue weighted by atomic mass is 10.1. The van der Waals surface area contributed by atoms with Gasteiger partial charge in [-0.05, 0) is 24.3 Å². The number of methoxy groups -OCH3 is 2. The van der Waals surface area contributed by atoms with Crippen molar-refractivity contribution in [3.8, 4) is 23.3 Å². The van der Waals surface area contributed by atoms with Crippen LogP contribution in [0.1, 0.15) is 28.8 Å². The average molecular weight is 367 g/mol. The molecule has 0 radical (unpaired) electrons. The van der Waals surface area contributed by atoms with Crippen molar-refractivity contribution in [2.45, 2.75) is 18.9 Å². The molecule has 27 heavy (non-hydrogen) atoms. The van der Waals surface area contributed by atoms with Gasteiger partial charge in [0.15, 0.2) is 11.5 Å². The van der Waals surface area contributed by atoms with Gasteiger partial charge in [-0.2, -0.15) is 5.26 Å². The lowest BCUT2D eigenvalue weighted by molar-refractivity contribution is 0.112. The number of pyridine rings is 1. The fourth-order valence-electron chi connectivity index (χ4n) is 3.17. The van der Waals surface area contributed by atoms with Crippen molar-refractivity contribution in [2.75, 3.05) is 32.2 Å². The number of carbonyl (C=O) groups is 1. The number of aldehydes is 1. The van der Waals surface area contributed by atoms with Crippen LogP contribution in [0.15, 0.2) is 30.5 Å². The predicted octanol–water partition coefficient (Wildman–Crippen LogP) is 2.83. The lowest BCUT2D eigenvalue weighted by Crippen LogP contribution is -2.39. The smallest absolute Gasteiger partial charge is 0.203 e. The third kappa shape index (κ3) is 3.95. The van der Waals surface area contributed by atoms with Gasteiger partial charge in [-0.25, -0.2) is 4.98 Å². The van der Waals surface area contributed by atoms with Crippen LogP contribution in [0.3, 0.4) is 0 Å². The first-order valence-corrected chi connectivity index (χ1v) is 8.68. The number of nitrogens with zero attached hydrogens (tertiary/aromatic N) is 3. The summed E-state index contributed by atoms with van der Waals surface area (Å²) in [6, 6.07) is 8.99. The molecular formula is C20H21N3O4. The van der Waals surface area contributed by atoms with Crippen LogP contribution >= 0.6 is 0 Å². The second-order valence-corrected chi connectivity index (χ2v) is 6.16. The Morgan fingerprint density at radius 3 is 2.44 bits per heavy atom. The molecule has 3 rings (SSSR count). The molecule has 2 aromatic rings. The summed E-state index contributed by atoms with van der Waals surface area (Å²) in [5.41, 5.74) is 1.04. The molecule has 0 spiro atoms.